The molecule has 1 atom stereocenters. The Kier molecular flexibility index (Phi) is 7.98. The van der Waals surface area contributed by atoms with Gasteiger partial charge in [0.2, 0.25) is 5.91 Å². The highest BCUT2D eigenvalue weighted by Gasteiger charge is 2.29. The highest BCUT2D eigenvalue weighted by Crippen LogP contribution is 2.27. The number of aryl methyl sites for hydroxylation is 1. The molecule has 0 spiro atoms. The Hall–Kier alpha value is -2.62. The molecule has 1 unspecified atom stereocenters. The summed E-state index contributed by atoms with van der Waals surface area (Å²) < 4.78 is 2.82. The third-order valence-corrected chi connectivity index (χ3v) is 7.32. The van der Waals surface area contributed by atoms with Crippen molar-refractivity contribution in [3.8, 4) is 5.69 Å². The third kappa shape index (κ3) is 6.15. The average molecular weight is 504 g/mol. The quantitative estimate of drug-likeness (QED) is 0.430. The van der Waals surface area contributed by atoms with Crippen LogP contribution in [0.1, 0.15) is 61.0 Å². The maximum absolute atomic E-state index is 13.1. The van der Waals surface area contributed by atoms with Crippen molar-refractivity contribution in [2.24, 2.45) is 0 Å². The van der Waals surface area contributed by atoms with E-state index < -0.39 is 11.5 Å². The van der Waals surface area contributed by atoms with E-state index in [1.807, 2.05) is 0 Å². The van der Waals surface area contributed by atoms with E-state index in [9.17, 15) is 19.5 Å². The van der Waals surface area contributed by atoms with E-state index in [0.717, 1.165) is 45.2 Å². The van der Waals surface area contributed by atoms with E-state index in [1.54, 1.807) is 31.3 Å². The minimum atomic E-state index is -0.906. The Morgan fingerprint density at radius 1 is 1.23 bits per heavy atom. The van der Waals surface area contributed by atoms with Crippen LogP contribution in [0.25, 0.3) is 5.69 Å². The van der Waals surface area contributed by atoms with Crippen LogP contribution in [-0.4, -0.2) is 57.3 Å². The summed E-state index contributed by atoms with van der Waals surface area (Å²) in [5, 5.41) is 20.1. The molecule has 0 radical (unpaired) electrons. The lowest BCUT2D eigenvalue weighted by atomic mass is 9.94. The van der Waals surface area contributed by atoms with Gasteiger partial charge in [0.1, 0.15) is 6.54 Å². The molecule has 35 heavy (non-hydrogen) atoms. The second kappa shape index (κ2) is 11.0. The first-order valence-electron chi connectivity index (χ1n) is 12.4. The zero-order valence-corrected chi connectivity index (χ0v) is 20.9. The summed E-state index contributed by atoms with van der Waals surface area (Å²) in [5.74, 6) is -0.613. The molecule has 1 aromatic carbocycles. The van der Waals surface area contributed by atoms with Crippen molar-refractivity contribution in [1.29, 1.82) is 0 Å². The van der Waals surface area contributed by atoms with Crippen molar-refractivity contribution in [2.45, 2.75) is 70.1 Å². The van der Waals surface area contributed by atoms with Gasteiger partial charge in [-0.1, -0.05) is 37.3 Å². The second-order valence-electron chi connectivity index (χ2n) is 9.75. The number of carbonyl (C=O) groups excluding carboxylic acids is 2. The van der Waals surface area contributed by atoms with Gasteiger partial charge in [0.25, 0.3) is 5.91 Å². The second-order valence-corrected chi connectivity index (χ2v) is 10.2. The van der Waals surface area contributed by atoms with Crippen molar-refractivity contribution in [2.75, 3.05) is 19.6 Å². The Balaban J connectivity index is 1.48. The number of halogens is 1. The summed E-state index contributed by atoms with van der Waals surface area (Å²) in [6, 6.07) is 4.87. The smallest absolute Gasteiger partial charge is 0.333 e. The van der Waals surface area contributed by atoms with E-state index in [0.29, 0.717) is 24.2 Å². The first kappa shape index (κ1) is 25.5. The number of nitrogens with one attached hydrogen (secondary N) is 3. The topological polar surface area (TPSA) is 117 Å². The van der Waals surface area contributed by atoms with Crippen LogP contribution < -0.4 is 21.6 Å². The van der Waals surface area contributed by atoms with Crippen LogP contribution in [0.2, 0.25) is 5.02 Å². The van der Waals surface area contributed by atoms with E-state index in [1.165, 1.54) is 9.13 Å². The molecule has 1 saturated carbocycles. The molecule has 4 rings (SSSR count). The number of aliphatic hydroxyl groups is 1. The molecule has 2 aromatic rings. The van der Waals surface area contributed by atoms with Crippen LogP contribution in [-0.2, 0) is 11.3 Å². The maximum atomic E-state index is 13.1. The van der Waals surface area contributed by atoms with Crippen LogP contribution in [0.4, 0.5) is 0 Å². The number of hydrogen-bond acceptors (Lipinski definition) is 5. The summed E-state index contributed by atoms with van der Waals surface area (Å²) in [6.07, 6.45) is 7.91. The molecule has 2 heterocycles. The summed E-state index contributed by atoms with van der Waals surface area (Å²) in [6.45, 7) is 3.44. The van der Waals surface area contributed by atoms with Gasteiger partial charge in [-0.15, -0.1) is 0 Å². The predicted octanol–water partition coefficient (Wildman–Crippen LogP) is 1.89. The Morgan fingerprint density at radius 2 is 1.97 bits per heavy atom. The van der Waals surface area contributed by atoms with E-state index in [4.69, 9.17) is 11.6 Å². The van der Waals surface area contributed by atoms with Crippen molar-refractivity contribution in [1.82, 2.24) is 25.1 Å². The minimum absolute atomic E-state index is 0.0757. The van der Waals surface area contributed by atoms with Crippen LogP contribution >= 0.6 is 11.6 Å². The third-order valence-electron chi connectivity index (χ3n) is 6.99. The molecule has 1 saturated heterocycles. The van der Waals surface area contributed by atoms with Crippen LogP contribution in [0.15, 0.2) is 29.2 Å². The van der Waals surface area contributed by atoms with Crippen molar-refractivity contribution < 1.29 is 14.7 Å². The lowest BCUT2D eigenvalue weighted by Gasteiger charge is -2.26. The van der Waals surface area contributed by atoms with Gasteiger partial charge < -0.3 is 21.1 Å². The zero-order valence-electron chi connectivity index (χ0n) is 20.1. The van der Waals surface area contributed by atoms with Crippen molar-refractivity contribution in [3.05, 3.63) is 51.2 Å². The average Bonchev–Trinajstić information content (AvgIpc) is 3.36. The molecule has 1 aliphatic carbocycles. The fraction of sp³-hybridized carbons (Fsp3) is 0.560. The number of benzene rings is 1. The van der Waals surface area contributed by atoms with Crippen LogP contribution in [0.5, 0.6) is 0 Å². The molecule has 1 aromatic heterocycles. The number of imidazole rings is 1. The van der Waals surface area contributed by atoms with Gasteiger partial charge in [0, 0.05) is 31.0 Å². The summed E-state index contributed by atoms with van der Waals surface area (Å²) >= 11 is 6.31. The summed E-state index contributed by atoms with van der Waals surface area (Å²) in [5.41, 5.74) is 0.0523. The molecule has 2 fully saturated rings. The van der Waals surface area contributed by atoms with Crippen molar-refractivity contribution in [3.63, 3.8) is 0 Å². The standard InChI is InChI=1S/C25H34ClN5O4/c1-17-14-31(24(34)30(17)15-22(32)29-18-8-11-27-13-18)19-6-7-21(26)20(12-19)23(33)28-16-25(35)9-4-2-3-5-10-25/h6-7,12,14,18,27,35H,2-5,8-11,13,15-16H2,1H3,(H,28,33)(H,29,32). The molecule has 9 nitrogen and oxygen atoms in total. The predicted molar refractivity (Wildman–Crippen MR) is 134 cm³/mol. The molecule has 1 aliphatic heterocycles. The van der Waals surface area contributed by atoms with E-state index in [2.05, 4.69) is 16.0 Å². The van der Waals surface area contributed by atoms with Gasteiger partial charge in [-0.05, 0) is 50.9 Å². The molecule has 2 amide bonds. The van der Waals surface area contributed by atoms with Gasteiger partial charge in [-0.3, -0.25) is 18.7 Å². The van der Waals surface area contributed by atoms with Crippen LogP contribution in [0.3, 0.4) is 0 Å². The highest BCUT2D eigenvalue weighted by molar-refractivity contribution is 6.33. The lowest BCUT2D eigenvalue weighted by Crippen LogP contribution is -2.42. The number of nitrogens with zero attached hydrogens (tertiary/aromatic N) is 2. The van der Waals surface area contributed by atoms with E-state index >= 15 is 0 Å². The fourth-order valence-electron chi connectivity index (χ4n) is 4.91. The molecule has 190 valence electrons. The fourth-order valence-corrected chi connectivity index (χ4v) is 5.11. The van der Waals surface area contributed by atoms with Gasteiger partial charge in [0.05, 0.1) is 21.9 Å². The summed E-state index contributed by atoms with van der Waals surface area (Å²) in [4.78, 5) is 38.5. The van der Waals surface area contributed by atoms with E-state index in [-0.39, 0.29) is 41.3 Å². The minimum Gasteiger partial charge on any atom is -0.388 e. The molecule has 0 bridgehead atoms. The molecular formula is C25H34ClN5O4. The first-order valence-corrected chi connectivity index (χ1v) is 12.7. The number of aromatic nitrogens is 2. The zero-order chi connectivity index (χ0) is 25.0. The van der Waals surface area contributed by atoms with Gasteiger partial charge in [-0.25, -0.2) is 4.79 Å². The molecule has 10 heteroatoms. The number of carbonyl (C=O) groups is 2. The SMILES string of the molecule is Cc1cn(-c2ccc(Cl)c(C(=O)NCC3(O)CCCCCC3)c2)c(=O)n1CC(=O)NC1CCNC1. The Labute approximate surface area is 209 Å². The van der Waals surface area contributed by atoms with Gasteiger partial charge in [0.15, 0.2) is 0 Å². The first-order chi connectivity index (χ1) is 16.8. The van der Waals surface area contributed by atoms with Gasteiger partial charge in [-0.2, -0.15) is 0 Å². The lowest BCUT2D eigenvalue weighted by molar-refractivity contribution is -0.122. The monoisotopic (exact) mass is 503 g/mol. The molecular weight excluding hydrogens is 470 g/mol. The number of amides is 2. The van der Waals surface area contributed by atoms with Gasteiger partial charge >= 0.3 is 5.69 Å². The van der Waals surface area contributed by atoms with Crippen molar-refractivity contribution >= 4 is 23.4 Å². The highest BCUT2D eigenvalue weighted by atomic mass is 35.5. The number of rotatable bonds is 7. The largest absolute Gasteiger partial charge is 0.388 e. The van der Waals surface area contributed by atoms with Crippen LogP contribution in [0, 0.1) is 6.92 Å². The Morgan fingerprint density at radius 3 is 2.66 bits per heavy atom. The maximum Gasteiger partial charge on any atom is 0.333 e. The summed E-state index contributed by atoms with van der Waals surface area (Å²) in [7, 11) is 0. The molecule has 4 N–H and O–H groups in total. The number of hydrogen-bond donors (Lipinski definition) is 4. The normalized spacial score (nSPS) is 19.8. The Bertz CT molecular complexity index is 1130. The molecule has 2 aliphatic rings.